The quantitative estimate of drug-likeness (QED) is 0.800. The first-order chi connectivity index (χ1) is 9.38. The van der Waals surface area contributed by atoms with Crippen LogP contribution in [0.5, 0.6) is 0 Å². The van der Waals surface area contributed by atoms with E-state index in [4.69, 9.17) is 23.2 Å². The molecule has 1 aliphatic heterocycles. The van der Waals surface area contributed by atoms with Crippen molar-refractivity contribution in [1.29, 1.82) is 0 Å². The van der Waals surface area contributed by atoms with Crippen LogP contribution in [-0.2, 0) is 0 Å². The Bertz CT molecular complexity index is 495. The van der Waals surface area contributed by atoms with Crippen LogP contribution in [0.2, 0.25) is 10.0 Å². The molecule has 2 atom stereocenters. The largest absolute Gasteiger partial charge is 0.298 e. The summed E-state index contributed by atoms with van der Waals surface area (Å²) in [6, 6.07) is 5.91. The predicted molar refractivity (Wildman–Crippen MR) is 83.9 cm³/mol. The summed E-state index contributed by atoms with van der Waals surface area (Å²) in [6.45, 7) is 6.54. The zero-order valence-electron chi connectivity index (χ0n) is 12.1. The van der Waals surface area contributed by atoms with Gasteiger partial charge in [-0.3, -0.25) is 14.6 Å². The van der Waals surface area contributed by atoms with Crippen LogP contribution >= 0.6 is 23.2 Å². The number of rotatable bonds is 3. The van der Waals surface area contributed by atoms with Gasteiger partial charge >= 0.3 is 0 Å². The van der Waals surface area contributed by atoms with Crippen molar-refractivity contribution < 1.29 is 4.79 Å². The zero-order chi connectivity index (χ0) is 14.9. The van der Waals surface area contributed by atoms with E-state index in [2.05, 4.69) is 30.7 Å². The van der Waals surface area contributed by atoms with Crippen molar-refractivity contribution in [3.8, 4) is 0 Å². The fraction of sp³-hybridized carbons (Fsp3) is 0.533. The van der Waals surface area contributed by atoms with Crippen molar-refractivity contribution in [1.82, 2.24) is 9.80 Å². The number of Topliss-reactive ketones (excluding diaryl/α,β-unsaturated/α-hetero) is 1. The maximum Gasteiger partial charge on any atom is 0.178 e. The summed E-state index contributed by atoms with van der Waals surface area (Å²) in [6.07, 6.45) is 0. The molecule has 0 aromatic heterocycles. The molecule has 1 saturated heterocycles. The van der Waals surface area contributed by atoms with Crippen molar-refractivity contribution in [2.75, 3.05) is 26.7 Å². The molecular formula is C15H20Cl2N2O. The van der Waals surface area contributed by atoms with Crippen molar-refractivity contribution in [3.05, 3.63) is 33.8 Å². The third-order valence-electron chi connectivity index (χ3n) is 4.03. The fourth-order valence-corrected chi connectivity index (χ4v) is 3.04. The molecule has 0 radical (unpaired) electrons. The first-order valence-corrected chi connectivity index (χ1v) is 7.56. The van der Waals surface area contributed by atoms with Gasteiger partial charge in [0, 0.05) is 35.8 Å². The molecule has 2 rings (SSSR count). The first kappa shape index (κ1) is 15.8. The molecule has 0 aliphatic carbocycles. The van der Waals surface area contributed by atoms with Crippen LogP contribution in [0.3, 0.4) is 0 Å². The van der Waals surface area contributed by atoms with E-state index in [0.717, 1.165) is 13.1 Å². The molecule has 1 aromatic carbocycles. The SMILES string of the molecule is CC1CN(CC(=O)c2cc(Cl)ccc2Cl)CC(C)N1C. The highest BCUT2D eigenvalue weighted by atomic mass is 35.5. The summed E-state index contributed by atoms with van der Waals surface area (Å²) in [5.41, 5.74) is 0.512. The number of hydrogen-bond donors (Lipinski definition) is 0. The molecule has 1 fully saturated rings. The van der Waals surface area contributed by atoms with Crippen LogP contribution in [0.25, 0.3) is 0 Å². The fourth-order valence-electron chi connectivity index (χ4n) is 2.64. The number of hydrogen-bond acceptors (Lipinski definition) is 3. The van der Waals surface area contributed by atoms with E-state index >= 15 is 0 Å². The number of benzene rings is 1. The van der Waals surface area contributed by atoms with E-state index in [1.165, 1.54) is 0 Å². The Labute approximate surface area is 130 Å². The molecule has 1 aromatic rings. The molecule has 2 unspecified atom stereocenters. The summed E-state index contributed by atoms with van der Waals surface area (Å²) in [5.74, 6) is 0.0291. The highest BCUT2D eigenvalue weighted by Crippen LogP contribution is 2.22. The first-order valence-electron chi connectivity index (χ1n) is 6.81. The number of nitrogens with zero attached hydrogens (tertiary/aromatic N) is 2. The number of carbonyl (C=O) groups excluding carboxylic acids is 1. The summed E-state index contributed by atoms with van der Waals surface area (Å²) in [7, 11) is 2.13. The minimum Gasteiger partial charge on any atom is -0.298 e. The molecule has 110 valence electrons. The van der Waals surface area contributed by atoms with Crippen molar-refractivity contribution >= 4 is 29.0 Å². The summed E-state index contributed by atoms with van der Waals surface area (Å²) in [4.78, 5) is 16.9. The van der Waals surface area contributed by atoms with Crippen LogP contribution in [0, 0.1) is 0 Å². The maximum atomic E-state index is 12.4. The van der Waals surface area contributed by atoms with Crippen LogP contribution in [0.4, 0.5) is 0 Å². The van der Waals surface area contributed by atoms with Gasteiger partial charge in [0.2, 0.25) is 0 Å². The lowest BCUT2D eigenvalue weighted by Crippen LogP contribution is -2.55. The Kier molecular flexibility index (Phi) is 5.08. The van der Waals surface area contributed by atoms with E-state index in [9.17, 15) is 4.79 Å². The third-order valence-corrected chi connectivity index (χ3v) is 4.60. The summed E-state index contributed by atoms with van der Waals surface area (Å²) in [5, 5.41) is 1.01. The van der Waals surface area contributed by atoms with Gasteiger partial charge in [0.15, 0.2) is 5.78 Å². The second kappa shape index (κ2) is 6.44. The third kappa shape index (κ3) is 3.53. The molecule has 1 heterocycles. The lowest BCUT2D eigenvalue weighted by molar-refractivity contribution is 0.0549. The second-order valence-electron chi connectivity index (χ2n) is 5.60. The Hall–Kier alpha value is -0.610. The number of piperazine rings is 1. The lowest BCUT2D eigenvalue weighted by atomic mass is 10.1. The number of likely N-dealkylation sites (N-methyl/N-ethyl adjacent to an activating group) is 1. The van der Waals surface area contributed by atoms with Crippen molar-refractivity contribution in [3.63, 3.8) is 0 Å². The lowest BCUT2D eigenvalue weighted by Gasteiger charge is -2.42. The molecule has 5 heteroatoms. The van der Waals surface area contributed by atoms with Crippen molar-refractivity contribution in [2.24, 2.45) is 0 Å². The highest BCUT2D eigenvalue weighted by Gasteiger charge is 2.28. The standard InChI is InChI=1S/C15H20Cl2N2O/c1-10-7-19(8-11(2)18(10)3)9-15(20)13-6-12(16)4-5-14(13)17/h4-6,10-11H,7-9H2,1-3H3. The van der Waals surface area contributed by atoms with Crippen LogP contribution in [0.15, 0.2) is 18.2 Å². The van der Waals surface area contributed by atoms with Gasteiger partial charge in [0.1, 0.15) is 0 Å². The molecule has 0 saturated carbocycles. The molecule has 0 spiro atoms. The predicted octanol–water partition coefficient (Wildman–Crippen LogP) is 3.20. The average Bonchev–Trinajstić information content (AvgIpc) is 2.38. The van der Waals surface area contributed by atoms with E-state index < -0.39 is 0 Å². The Morgan fingerprint density at radius 3 is 2.45 bits per heavy atom. The van der Waals surface area contributed by atoms with Gasteiger partial charge in [-0.15, -0.1) is 0 Å². The van der Waals surface area contributed by atoms with Gasteiger partial charge in [-0.2, -0.15) is 0 Å². The van der Waals surface area contributed by atoms with Gasteiger partial charge in [-0.05, 0) is 39.1 Å². The van der Waals surface area contributed by atoms with Gasteiger partial charge in [0.05, 0.1) is 11.6 Å². The van der Waals surface area contributed by atoms with Gasteiger partial charge in [-0.25, -0.2) is 0 Å². The molecule has 0 bridgehead atoms. The Morgan fingerprint density at radius 1 is 1.25 bits per heavy atom. The van der Waals surface area contributed by atoms with E-state index in [0.29, 0.717) is 34.2 Å². The summed E-state index contributed by atoms with van der Waals surface area (Å²) < 4.78 is 0. The molecule has 0 N–H and O–H groups in total. The summed E-state index contributed by atoms with van der Waals surface area (Å²) >= 11 is 12.0. The van der Waals surface area contributed by atoms with Crippen LogP contribution in [0.1, 0.15) is 24.2 Å². The molecule has 1 aliphatic rings. The highest BCUT2D eigenvalue weighted by molar-refractivity contribution is 6.36. The molecule has 3 nitrogen and oxygen atoms in total. The normalized spacial score (nSPS) is 24.9. The number of carbonyl (C=O) groups is 1. The minimum atomic E-state index is 0.0291. The topological polar surface area (TPSA) is 23.6 Å². The Balaban J connectivity index is 2.06. The van der Waals surface area contributed by atoms with E-state index in [1.54, 1.807) is 18.2 Å². The van der Waals surface area contributed by atoms with Gasteiger partial charge in [0.25, 0.3) is 0 Å². The second-order valence-corrected chi connectivity index (χ2v) is 6.45. The van der Waals surface area contributed by atoms with E-state index in [-0.39, 0.29) is 5.78 Å². The minimum absolute atomic E-state index is 0.0291. The average molecular weight is 315 g/mol. The van der Waals surface area contributed by atoms with Crippen molar-refractivity contribution in [2.45, 2.75) is 25.9 Å². The number of ketones is 1. The van der Waals surface area contributed by atoms with Gasteiger partial charge in [-0.1, -0.05) is 23.2 Å². The maximum absolute atomic E-state index is 12.4. The van der Waals surface area contributed by atoms with Crippen LogP contribution in [-0.4, -0.2) is 54.3 Å². The Morgan fingerprint density at radius 2 is 1.85 bits per heavy atom. The van der Waals surface area contributed by atoms with E-state index in [1.807, 2.05) is 0 Å². The monoisotopic (exact) mass is 314 g/mol. The smallest absolute Gasteiger partial charge is 0.178 e. The molecule has 20 heavy (non-hydrogen) atoms. The van der Waals surface area contributed by atoms with Crippen LogP contribution < -0.4 is 0 Å². The number of halogens is 2. The van der Waals surface area contributed by atoms with Gasteiger partial charge < -0.3 is 0 Å². The molecular weight excluding hydrogens is 295 g/mol. The zero-order valence-corrected chi connectivity index (χ0v) is 13.6. The molecule has 0 amide bonds.